The fourth-order valence-corrected chi connectivity index (χ4v) is 3.64. The van der Waals surface area contributed by atoms with Crippen LogP contribution in [0.25, 0.3) is 11.0 Å². The molecule has 25 heavy (non-hydrogen) atoms. The highest BCUT2D eigenvalue weighted by Gasteiger charge is 2.43. The van der Waals surface area contributed by atoms with Gasteiger partial charge in [-0.05, 0) is 36.7 Å². The number of hydrogen-bond acceptors (Lipinski definition) is 3. The Hall–Kier alpha value is -1.95. The molecule has 0 aliphatic carbocycles. The summed E-state index contributed by atoms with van der Waals surface area (Å²) < 4.78 is 0. The summed E-state index contributed by atoms with van der Waals surface area (Å²) in [5, 5.41) is 19.5. The molecule has 0 aliphatic rings. The van der Waals surface area contributed by atoms with Crippen molar-refractivity contribution in [3.8, 4) is 0 Å². The number of imidazole rings is 1. The first-order valence-electron chi connectivity index (χ1n) is 8.83. The average Bonchev–Trinajstić information content (AvgIpc) is 3.01. The molecule has 5 nitrogen and oxygen atoms in total. The number of carboxylic acid groups (broad SMARTS) is 1. The number of aliphatic hydroxyl groups excluding tert-OH is 1. The molecule has 3 N–H and O–H groups in total. The molecule has 0 aliphatic heterocycles. The average molecular weight is 362 g/mol. The van der Waals surface area contributed by atoms with Gasteiger partial charge in [-0.1, -0.05) is 51.7 Å². The number of fused-ring (bicyclic) bond motifs is 1. The molecule has 1 heterocycles. The molecule has 2 atom stereocenters. The number of hydrogen-bond donors (Lipinski definition) is 3. The van der Waals surface area contributed by atoms with Crippen molar-refractivity contribution in [1.29, 1.82) is 0 Å². The van der Waals surface area contributed by atoms with E-state index in [1.165, 1.54) is 0 Å². The van der Waals surface area contributed by atoms with Crippen LogP contribution in [0, 0.1) is 5.92 Å². The van der Waals surface area contributed by atoms with Gasteiger partial charge in [0.25, 0.3) is 0 Å². The van der Waals surface area contributed by atoms with Crippen molar-refractivity contribution in [3.63, 3.8) is 0 Å². The largest absolute Gasteiger partial charge is 0.501 e. The van der Waals surface area contributed by atoms with Crippen LogP contribution < -0.4 is 0 Å². The lowest BCUT2D eigenvalue weighted by Crippen LogP contribution is -2.40. The number of aliphatic carboxylic acids is 1. The molecule has 6 heteroatoms. The van der Waals surface area contributed by atoms with E-state index in [1.807, 2.05) is 24.3 Å². The fourth-order valence-electron chi connectivity index (χ4n) is 3.39. The molecule has 0 fully saturated rings. The molecule has 1 aromatic carbocycles. The van der Waals surface area contributed by atoms with Gasteiger partial charge in [-0.25, -0.2) is 4.98 Å². The zero-order valence-corrected chi connectivity index (χ0v) is 15.6. The number of aromatic amines is 1. The van der Waals surface area contributed by atoms with E-state index in [9.17, 15) is 15.0 Å². The number of nitrogens with one attached hydrogen (secondary N) is 1. The van der Waals surface area contributed by atoms with Crippen molar-refractivity contribution in [1.82, 2.24) is 9.97 Å². The lowest BCUT2D eigenvalue weighted by atomic mass is 9.74. The number of thiocarbonyl (C=S) groups is 1. The lowest BCUT2D eigenvalue weighted by molar-refractivity contribution is -0.138. The molecule has 1 aromatic heterocycles. The van der Waals surface area contributed by atoms with E-state index < -0.39 is 11.4 Å². The molecule has 0 spiro atoms. The van der Waals surface area contributed by atoms with Crippen LogP contribution in [0.15, 0.2) is 24.3 Å². The highest BCUT2D eigenvalue weighted by molar-refractivity contribution is 7.80. The number of carboxylic acids is 1. The first-order chi connectivity index (χ1) is 11.9. The second-order valence-electron chi connectivity index (χ2n) is 6.68. The van der Waals surface area contributed by atoms with Crippen molar-refractivity contribution in [2.45, 2.75) is 57.8 Å². The van der Waals surface area contributed by atoms with Crippen LogP contribution in [-0.2, 0) is 10.2 Å². The van der Waals surface area contributed by atoms with E-state index in [0.29, 0.717) is 12.2 Å². The number of carbonyl (C=O) groups is 1. The van der Waals surface area contributed by atoms with Gasteiger partial charge in [0, 0.05) is 0 Å². The number of H-pyrrole nitrogens is 1. The van der Waals surface area contributed by atoms with Crippen molar-refractivity contribution in [2.24, 2.45) is 5.92 Å². The van der Waals surface area contributed by atoms with Gasteiger partial charge in [0.2, 0.25) is 0 Å². The van der Waals surface area contributed by atoms with E-state index in [1.54, 1.807) is 0 Å². The van der Waals surface area contributed by atoms with E-state index >= 15 is 0 Å². The second kappa shape index (κ2) is 8.43. The number of nitrogens with zero attached hydrogens (tertiary/aromatic N) is 1. The Labute approximate surface area is 153 Å². The molecule has 0 radical (unpaired) electrons. The Morgan fingerprint density at radius 1 is 1.32 bits per heavy atom. The van der Waals surface area contributed by atoms with Gasteiger partial charge in [0.1, 0.15) is 11.2 Å². The summed E-state index contributed by atoms with van der Waals surface area (Å²) in [5.74, 6) is -0.279. The number of para-hydroxylation sites is 2. The van der Waals surface area contributed by atoms with Gasteiger partial charge in [-0.15, -0.1) is 0 Å². The van der Waals surface area contributed by atoms with E-state index in [4.69, 9.17) is 12.2 Å². The van der Waals surface area contributed by atoms with Crippen LogP contribution in [-0.4, -0.2) is 31.2 Å². The maximum Gasteiger partial charge on any atom is 0.304 e. The summed E-state index contributed by atoms with van der Waals surface area (Å²) in [6, 6.07) is 7.50. The van der Waals surface area contributed by atoms with Crippen LogP contribution in [0.4, 0.5) is 0 Å². The molecular formula is C19H26N2O3S. The van der Waals surface area contributed by atoms with Gasteiger partial charge in [0.15, 0.2) is 5.05 Å². The van der Waals surface area contributed by atoms with Gasteiger partial charge < -0.3 is 15.2 Å². The van der Waals surface area contributed by atoms with Crippen LogP contribution in [0.2, 0.25) is 0 Å². The third-order valence-electron chi connectivity index (χ3n) is 4.89. The van der Waals surface area contributed by atoms with Crippen molar-refractivity contribution in [2.75, 3.05) is 0 Å². The van der Waals surface area contributed by atoms with Gasteiger partial charge >= 0.3 is 5.97 Å². The number of unbranched alkanes of at least 4 members (excludes halogenated alkanes) is 1. The van der Waals surface area contributed by atoms with Crippen LogP contribution in [0.3, 0.4) is 0 Å². The summed E-state index contributed by atoms with van der Waals surface area (Å²) in [6.45, 7) is 4.22. The highest BCUT2D eigenvalue weighted by Crippen LogP contribution is 2.38. The molecule has 2 aromatic rings. The van der Waals surface area contributed by atoms with Crippen molar-refractivity contribution < 1.29 is 15.0 Å². The zero-order valence-electron chi connectivity index (χ0n) is 14.8. The van der Waals surface area contributed by atoms with E-state index in [2.05, 4.69) is 23.8 Å². The van der Waals surface area contributed by atoms with Crippen LogP contribution in [0.5, 0.6) is 0 Å². The predicted molar refractivity (Wildman–Crippen MR) is 103 cm³/mol. The fraction of sp³-hybridized carbons (Fsp3) is 0.526. The third-order valence-corrected chi connectivity index (χ3v) is 5.28. The molecule has 0 saturated heterocycles. The molecule has 0 amide bonds. The Morgan fingerprint density at radius 3 is 2.60 bits per heavy atom. The lowest BCUT2D eigenvalue weighted by Gasteiger charge is -2.32. The number of benzene rings is 1. The first kappa shape index (κ1) is 19.4. The van der Waals surface area contributed by atoms with Crippen molar-refractivity contribution in [3.05, 3.63) is 30.1 Å². The molecular weight excluding hydrogens is 336 g/mol. The smallest absolute Gasteiger partial charge is 0.304 e. The maximum atomic E-state index is 11.6. The molecule has 2 unspecified atom stereocenters. The van der Waals surface area contributed by atoms with Crippen LogP contribution in [0.1, 0.15) is 58.2 Å². The van der Waals surface area contributed by atoms with Crippen LogP contribution >= 0.6 is 12.2 Å². The minimum Gasteiger partial charge on any atom is -0.501 e. The Morgan fingerprint density at radius 2 is 2.04 bits per heavy atom. The topological polar surface area (TPSA) is 86.2 Å². The van der Waals surface area contributed by atoms with Gasteiger partial charge in [-0.3, -0.25) is 4.79 Å². The molecule has 2 rings (SSSR count). The third kappa shape index (κ3) is 4.37. The summed E-state index contributed by atoms with van der Waals surface area (Å²) >= 11 is 5.15. The molecule has 136 valence electrons. The Balaban J connectivity index is 2.49. The summed E-state index contributed by atoms with van der Waals surface area (Å²) in [4.78, 5) is 19.3. The van der Waals surface area contributed by atoms with Gasteiger partial charge in [0.05, 0.1) is 17.5 Å². The maximum absolute atomic E-state index is 11.6. The quantitative estimate of drug-likeness (QED) is 0.530. The summed E-state index contributed by atoms with van der Waals surface area (Å²) in [6.07, 6.45) is 4.24. The van der Waals surface area contributed by atoms with Gasteiger partial charge in [-0.2, -0.15) is 0 Å². The Kier molecular flexibility index (Phi) is 6.53. The molecule has 0 saturated carbocycles. The van der Waals surface area contributed by atoms with E-state index in [0.717, 1.165) is 36.7 Å². The van der Waals surface area contributed by atoms with Crippen molar-refractivity contribution >= 4 is 34.3 Å². The normalized spacial score (nSPS) is 15.0. The predicted octanol–water partition coefficient (Wildman–Crippen LogP) is 4.77. The monoisotopic (exact) mass is 362 g/mol. The minimum absolute atomic E-state index is 0.273. The SMILES string of the molecule is CCCCC(CC)CC(CC(=O)O)(C(O)=S)c1nc2ccccc2[nH]1. The zero-order chi connectivity index (χ0) is 18.4. The standard InChI is InChI=1S/C19H26N2O3S/c1-3-5-8-13(4-2)11-19(18(24)25,12-16(22)23)17-20-14-9-6-7-10-15(14)21-17/h6-7,9-10,13H,3-5,8,11-12H2,1-2H3,(H,20,21)(H,22,23)(H,24,25). The number of aromatic nitrogens is 2. The minimum atomic E-state index is -1.17. The first-order valence-corrected chi connectivity index (χ1v) is 9.24. The summed E-state index contributed by atoms with van der Waals surface area (Å²) in [7, 11) is 0. The highest BCUT2D eigenvalue weighted by atomic mass is 32.1. The number of aliphatic hydroxyl groups is 1. The molecule has 0 bridgehead atoms. The number of rotatable bonds is 10. The summed E-state index contributed by atoms with van der Waals surface area (Å²) in [5.41, 5.74) is 0.379. The second-order valence-corrected chi connectivity index (χ2v) is 7.07. The Bertz CT molecular complexity index is 710. The van der Waals surface area contributed by atoms with E-state index in [-0.39, 0.29) is 17.4 Å².